The Morgan fingerprint density at radius 1 is 1.42 bits per heavy atom. The van der Waals surface area contributed by atoms with Crippen molar-refractivity contribution < 1.29 is 9.21 Å². The lowest BCUT2D eigenvalue weighted by molar-refractivity contribution is 0.0996. The summed E-state index contributed by atoms with van der Waals surface area (Å²) in [6.45, 7) is 0.234. The highest BCUT2D eigenvalue weighted by Crippen LogP contribution is 2.20. The predicted molar refractivity (Wildman–Crippen MR) is 74.0 cm³/mol. The zero-order valence-electron chi connectivity index (χ0n) is 9.94. The molecule has 0 radical (unpaired) electrons. The monoisotopic (exact) mass is 274 g/mol. The lowest BCUT2D eigenvalue weighted by Crippen LogP contribution is -2.11. The Morgan fingerprint density at radius 2 is 2.26 bits per heavy atom. The number of nitrogens with two attached hydrogens (primary N) is 1. The average Bonchev–Trinajstić information content (AvgIpc) is 2.93. The van der Waals surface area contributed by atoms with Crippen molar-refractivity contribution in [3.05, 3.63) is 52.9 Å². The number of benzene rings is 1. The molecular formula is C14H11ClN2O2. The lowest BCUT2D eigenvalue weighted by Gasteiger charge is -2.06. The maximum absolute atomic E-state index is 11.9. The van der Waals surface area contributed by atoms with Crippen LogP contribution in [0.3, 0.4) is 0 Å². The van der Waals surface area contributed by atoms with E-state index in [4.69, 9.17) is 21.8 Å². The topological polar surface area (TPSA) is 68.3 Å². The molecule has 1 aromatic carbocycles. The minimum Gasteiger partial charge on any atom is -0.459 e. The summed E-state index contributed by atoms with van der Waals surface area (Å²) in [6, 6.07) is 8.25. The van der Waals surface area contributed by atoms with Gasteiger partial charge < -0.3 is 15.5 Å². The summed E-state index contributed by atoms with van der Waals surface area (Å²) in [6.07, 6.45) is 1.44. The highest BCUT2D eigenvalue weighted by Gasteiger charge is 2.10. The molecule has 96 valence electrons. The Labute approximate surface area is 115 Å². The van der Waals surface area contributed by atoms with Crippen LogP contribution in [0.5, 0.6) is 0 Å². The van der Waals surface area contributed by atoms with E-state index in [1.807, 2.05) is 0 Å². The van der Waals surface area contributed by atoms with Gasteiger partial charge in [0.25, 0.3) is 5.91 Å². The molecule has 0 aliphatic heterocycles. The fourth-order valence-electron chi connectivity index (χ4n) is 1.47. The largest absolute Gasteiger partial charge is 0.459 e. The standard InChI is InChI=1S/C14H11ClN2O2/c15-11-5-6-12(10(9-11)3-1-7-16)17-14(18)13-4-2-8-19-13/h2,4-6,8-9H,7,16H2,(H,17,18). The predicted octanol–water partition coefficient (Wildman–Crippen LogP) is 2.50. The Balaban J connectivity index is 2.27. The van der Waals surface area contributed by atoms with Crippen molar-refractivity contribution in [3.8, 4) is 11.8 Å². The molecule has 3 N–H and O–H groups in total. The number of hydrogen-bond acceptors (Lipinski definition) is 3. The zero-order valence-corrected chi connectivity index (χ0v) is 10.7. The van der Waals surface area contributed by atoms with Gasteiger partial charge >= 0.3 is 0 Å². The Morgan fingerprint density at radius 3 is 2.95 bits per heavy atom. The van der Waals surface area contributed by atoms with Crippen molar-refractivity contribution in [2.75, 3.05) is 11.9 Å². The van der Waals surface area contributed by atoms with Gasteiger partial charge in [0.15, 0.2) is 5.76 Å². The molecule has 2 rings (SSSR count). The van der Waals surface area contributed by atoms with Crippen molar-refractivity contribution >= 4 is 23.2 Å². The summed E-state index contributed by atoms with van der Waals surface area (Å²) >= 11 is 5.90. The molecule has 0 bridgehead atoms. The second-order valence-corrected chi connectivity index (χ2v) is 4.06. The maximum Gasteiger partial charge on any atom is 0.291 e. The van der Waals surface area contributed by atoms with E-state index >= 15 is 0 Å². The third-order valence-corrected chi connectivity index (χ3v) is 2.53. The number of amides is 1. The molecule has 2 aromatic rings. The quantitative estimate of drug-likeness (QED) is 0.827. The van der Waals surface area contributed by atoms with Crippen LogP contribution in [0.4, 0.5) is 5.69 Å². The van der Waals surface area contributed by atoms with Gasteiger partial charge in [-0.05, 0) is 30.3 Å². The van der Waals surface area contributed by atoms with Crippen LogP contribution >= 0.6 is 11.6 Å². The fraction of sp³-hybridized carbons (Fsp3) is 0.0714. The molecule has 1 amide bonds. The number of hydrogen-bond donors (Lipinski definition) is 2. The van der Waals surface area contributed by atoms with Crippen LogP contribution in [0.25, 0.3) is 0 Å². The van der Waals surface area contributed by atoms with Gasteiger partial charge in [-0.25, -0.2) is 0 Å². The Kier molecular flexibility index (Phi) is 4.24. The number of rotatable bonds is 2. The molecule has 0 aliphatic carbocycles. The van der Waals surface area contributed by atoms with Crippen molar-refractivity contribution in [2.24, 2.45) is 5.73 Å². The third-order valence-electron chi connectivity index (χ3n) is 2.30. The van der Waals surface area contributed by atoms with Crippen molar-refractivity contribution in [2.45, 2.75) is 0 Å². The molecule has 19 heavy (non-hydrogen) atoms. The molecule has 0 unspecified atom stereocenters. The van der Waals surface area contributed by atoms with E-state index in [1.54, 1.807) is 30.3 Å². The van der Waals surface area contributed by atoms with Gasteiger partial charge in [0, 0.05) is 10.6 Å². The van der Waals surface area contributed by atoms with E-state index in [-0.39, 0.29) is 18.2 Å². The third kappa shape index (κ3) is 3.38. The molecule has 5 heteroatoms. The summed E-state index contributed by atoms with van der Waals surface area (Å²) in [5.41, 5.74) is 6.50. The molecule has 1 heterocycles. The van der Waals surface area contributed by atoms with Crippen molar-refractivity contribution in [3.63, 3.8) is 0 Å². The first-order valence-corrected chi connectivity index (χ1v) is 5.92. The number of nitrogens with one attached hydrogen (secondary N) is 1. The van der Waals surface area contributed by atoms with E-state index in [1.165, 1.54) is 6.26 Å². The van der Waals surface area contributed by atoms with Gasteiger partial charge in [-0.15, -0.1) is 0 Å². The van der Waals surface area contributed by atoms with Crippen LogP contribution in [0.2, 0.25) is 5.02 Å². The van der Waals surface area contributed by atoms with Crippen LogP contribution in [0, 0.1) is 11.8 Å². The smallest absolute Gasteiger partial charge is 0.291 e. The molecule has 1 aromatic heterocycles. The minimum atomic E-state index is -0.344. The number of carbonyl (C=O) groups excluding carboxylic acids is 1. The van der Waals surface area contributed by atoms with Crippen molar-refractivity contribution in [1.82, 2.24) is 0 Å². The number of carbonyl (C=O) groups is 1. The van der Waals surface area contributed by atoms with Crippen LogP contribution in [0.1, 0.15) is 16.1 Å². The van der Waals surface area contributed by atoms with Gasteiger partial charge in [0.05, 0.1) is 18.5 Å². The van der Waals surface area contributed by atoms with Crippen LogP contribution in [-0.4, -0.2) is 12.5 Å². The zero-order chi connectivity index (χ0) is 13.7. The van der Waals surface area contributed by atoms with Gasteiger partial charge in [0.2, 0.25) is 0 Å². The van der Waals surface area contributed by atoms with E-state index in [0.717, 1.165) is 0 Å². The van der Waals surface area contributed by atoms with Gasteiger partial charge in [-0.1, -0.05) is 23.4 Å². The fourth-order valence-corrected chi connectivity index (χ4v) is 1.64. The first-order chi connectivity index (χ1) is 9.20. The second-order valence-electron chi connectivity index (χ2n) is 3.63. The summed E-state index contributed by atoms with van der Waals surface area (Å²) in [4.78, 5) is 11.9. The molecule has 0 saturated carbocycles. The highest BCUT2D eigenvalue weighted by molar-refractivity contribution is 6.30. The molecule has 0 atom stereocenters. The molecular weight excluding hydrogens is 264 g/mol. The second kappa shape index (κ2) is 6.10. The Bertz CT molecular complexity index is 639. The van der Waals surface area contributed by atoms with Crippen LogP contribution in [0.15, 0.2) is 41.0 Å². The summed E-state index contributed by atoms with van der Waals surface area (Å²) in [5.74, 6) is 5.47. The van der Waals surface area contributed by atoms with Crippen molar-refractivity contribution in [1.29, 1.82) is 0 Å². The number of furan rings is 1. The molecule has 0 saturated heterocycles. The average molecular weight is 275 g/mol. The summed E-state index contributed by atoms with van der Waals surface area (Å²) < 4.78 is 5.02. The van der Waals surface area contributed by atoms with E-state index in [0.29, 0.717) is 16.3 Å². The summed E-state index contributed by atoms with van der Waals surface area (Å²) in [7, 11) is 0. The number of halogens is 1. The Hall–Kier alpha value is -2.22. The number of anilines is 1. The first kappa shape index (κ1) is 13.2. The van der Waals surface area contributed by atoms with Gasteiger partial charge in [-0.3, -0.25) is 4.79 Å². The SMILES string of the molecule is NCC#Cc1cc(Cl)ccc1NC(=O)c1ccco1. The van der Waals surface area contributed by atoms with E-state index in [9.17, 15) is 4.79 Å². The van der Waals surface area contributed by atoms with Crippen LogP contribution < -0.4 is 11.1 Å². The minimum absolute atomic E-state index is 0.229. The first-order valence-electron chi connectivity index (χ1n) is 5.54. The molecule has 0 fully saturated rings. The molecule has 0 spiro atoms. The van der Waals surface area contributed by atoms with Gasteiger partial charge in [0.1, 0.15) is 0 Å². The normalized spacial score (nSPS) is 9.58. The maximum atomic E-state index is 11.9. The highest BCUT2D eigenvalue weighted by atomic mass is 35.5. The van der Waals surface area contributed by atoms with Crippen LogP contribution in [-0.2, 0) is 0 Å². The van der Waals surface area contributed by atoms with Gasteiger partial charge in [-0.2, -0.15) is 0 Å². The lowest BCUT2D eigenvalue weighted by atomic mass is 10.1. The van der Waals surface area contributed by atoms with E-state index in [2.05, 4.69) is 17.2 Å². The van der Waals surface area contributed by atoms with E-state index < -0.39 is 0 Å². The molecule has 0 aliphatic rings. The summed E-state index contributed by atoms with van der Waals surface area (Å²) in [5, 5.41) is 3.25. The molecule has 4 nitrogen and oxygen atoms in total.